The maximum Gasteiger partial charge on any atom is 0.315 e. The number of hydrogen-bond donors (Lipinski definition) is 4. The second-order valence-electron chi connectivity index (χ2n) is 6.32. The van der Waals surface area contributed by atoms with Gasteiger partial charge in [-0.15, -0.1) is 0 Å². The van der Waals surface area contributed by atoms with E-state index in [0.717, 1.165) is 18.8 Å². The summed E-state index contributed by atoms with van der Waals surface area (Å²) in [6.45, 7) is 5.18. The minimum absolute atomic E-state index is 0.00112. The van der Waals surface area contributed by atoms with Gasteiger partial charge in [0, 0.05) is 31.0 Å². The van der Waals surface area contributed by atoms with Crippen molar-refractivity contribution in [2.24, 2.45) is 0 Å². The van der Waals surface area contributed by atoms with Crippen molar-refractivity contribution in [3.63, 3.8) is 0 Å². The number of unbranched alkanes of at least 4 members (excludes halogenated alkanes) is 2. The molecule has 2 rings (SSSR count). The number of carbonyl (C=O) groups is 2. The molecule has 3 atom stereocenters. The average Bonchev–Trinajstić information content (AvgIpc) is 3.08. The number of nitrogens with one attached hydrogen (secondary N) is 4. The predicted octanol–water partition coefficient (Wildman–Crippen LogP) is 0.455. The summed E-state index contributed by atoms with van der Waals surface area (Å²) < 4.78 is 5.41. The molecule has 0 aromatic heterocycles. The van der Waals surface area contributed by atoms with Crippen LogP contribution in [0.4, 0.5) is 4.79 Å². The highest BCUT2D eigenvalue weighted by atomic mass is 32.2. The normalized spacial score (nSPS) is 25.2. The first kappa shape index (κ1) is 19.3. The smallest absolute Gasteiger partial charge is 0.315 e. The zero-order valence-corrected chi connectivity index (χ0v) is 15.3. The van der Waals surface area contributed by atoms with Crippen molar-refractivity contribution < 1.29 is 14.3 Å². The molecule has 2 heterocycles. The zero-order valence-electron chi connectivity index (χ0n) is 14.4. The number of urea groups is 1. The molecule has 7 nitrogen and oxygen atoms in total. The Balaban J connectivity index is 1.35. The van der Waals surface area contributed by atoms with Gasteiger partial charge in [0.05, 0.1) is 25.3 Å². The van der Waals surface area contributed by atoms with Gasteiger partial charge in [-0.05, 0) is 19.4 Å². The van der Waals surface area contributed by atoms with Gasteiger partial charge in [-0.2, -0.15) is 11.8 Å². The summed E-state index contributed by atoms with van der Waals surface area (Å²) in [6, 6.07) is 0.661. The summed E-state index contributed by atoms with van der Waals surface area (Å²) in [5.74, 6) is 1.02. The molecule has 2 saturated heterocycles. The van der Waals surface area contributed by atoms with E-state index in [0.29, 0.717) is 37.1 Å². The van der Waals surface area contributed by atoms with Crippen LogP contribution >= 0.6 is 11.8 Å². The molecule has 0 bridgehead atoms. The molecule has 4 N–H and O–H groups in total. The van der Waals surface area contributed by atoms with Crippen molar-refractivity contribution in [3.8, 4) is 0 Å². The van der Waals surface area contributed by atoms with E-state index in [4.69, 9.17) is 4.74 Å². The molecule has 2 fully saturated rings. The Morgan fingerprint density at radius 2 is 2.04 bits per heavy atom. The van der Waals surface area contributed by atoms with Crippen LogP contribution in [0.1, 0.15) is 32.6 Å². The summed E-state index contributed by atoms with van der Waals surface area (Å²) in [6.07, 6.45) is 4.78. The second kappa shape index (κ2) is 10.8. The van der Waals surface area contributed by atoms with Crippen LogP contribution in [0.25, 0.3) is 0 Å². The van der Waals surface area contributed by atoms with Crippen molar-refractivity contribution >= 4 is 23.7 Å². The van der Waals surface area contributed by atoms with Crippen LogP contribution in [-0.2, 0) is 9.53 Å². The average molecular weight is 359 g/mol. The number of fused-ring (bicyclic) bond motifs is 1. The van der Waals surface area contributed by atoms with Gasteiger partial charge in [-0.25, -0.2) is 4.79 Å². The van der Waals surface area contributed by atoms with Gasteiger partial charge in [0.25, 0.3) is 0 Å². The summed E-state index contributed by atoms with van der Waals surface area (Å²) >= 11 is 1.98. The van der Waals surface area contributed by atoms with Crippen molar-refractivity contribution in [2.45, 2.75) is 49.9 Å². The van der Waals surface area contributed by atoms with Gasteiger partial charge in [-0.3, -0.25) is 4.79 Å². The molecule has 138 valence electrons. The molecule has 3 amide bonds. The first-order chi connectivity index (χ1) is 11.7. The van der Waals surface area contributed by atoms with E-state index in [9.17, 15) is 9.59 Å². The molecule has 0 radical (unpaired) electrons. The highest BCUT2D eigenvalue weighted by molar-refractivity contribution is 8.00. The van der Waals surface area contributed by atoms with E-state index < -0.39 is 0 Å². The Morgan fingerprint density at radius 3 is 2.88 bits per heavy atom. The fraction of sp³-hybridized carbons (Fsp3) is 0.875. The number of hydrogen-bond acceptors (Lipinski definition) is 5. The molecule has 8 heteroatoms. The fourth-order valence-corrected chi connectivity index (χ4v) is 4.63. The van der Waals surface area contributed by atoms with Crippen molar-refractivity contribution in [1.29, 1.82) is 0 Å². The standard InChI is InChI=1S/C16H30N4O3S/c1-12(21)18-8-10-23-9-7-17-6-4-2-3-5-14-15-13(11-24-14)19-16(22)20-15/h13-15,17H,2-11H2,1H3,(H,18,21)(H2,19,20,22). The van der Waals surface area contributed by atoms with E-state index in [2.05, 4.69) is 21.3 Å². The lowest BCUT2D eigenvalue weighted by Gasteiger charge is -2.16. The van der Waals surface area contributed by atoms with E-state index in [1.807, 2.05) is 11.8 Å². The number of thioether (sulfide) groups is 1. The van der Waals surface area contributed by atoms with E-state index in [1.165, 1.54) is 32.6 Å². The monoisotopic (exact) mass is 358 g/mol. The lowest BCUT2D eigenvalue weighted by molar-refractivity contribution is -0.119. The van der Waals surface area contributed by atoms with Crippen molar-refractivity contribution in [2.75, 3.05) is 38.6 Å². The van der Waals surface area contributed by atoms with Gasteiger partial charge in [0.2, 0.25) is 5.91 Å². The minimum Gasteiger partial charge on any atom is -0.378 e. The summed E-state index contributed by atoms with van der Waals surface area (Å²) in [5.41, 5.74) is 0. The Bertz CT molecular complexity index is 411. The highest BCUT2D eigenvalue weighted by Crippen LogP contribution is 2.33. The van der Waals surface area contributed by atoms with Crippen LogP contribution in [-0.4, -0.2) is 67.9 Å². The second-order valence-corrected chi connectivity index (χ2v) is 7.59. The first-order valence-corrected chi connectivity index (χ1v) is 9.93. The summed E-state index contributed by atoms with van der Waals surface area (Å²) in [4.78, 5) is 22.0. The number of carbonyl (C=O) groups excluding carboxylic acids is 2. The molecule has 24 heavy (non-hydrogen) atoms. The molecular formula is C16H30N4O3S. The number of amides is 3. The van der Waals surface area contributed by atoms with Gasteiger partial charge in [0.1, 0.15) is 0 Å². The quantitative estimate of drug-likeness (QED) is 0.300. The number of rotatable bonds is 12. The fourth-order valence-electron chi connectivity index (χ4n) is 3.09. The molecule has 2 aliphatic heterocycles. The molecule has 2 aliphatic rings. The maximum atomic E-state index is 11.3. The Labute approximate surface area is 148 Å². The largest absolute Gasteiger partial charge is 0.378 e. The van der Waals surface area contributed by atoms with Gasteiger partial charge < -0.3 is 26.0 Å². The molecule has 3 unspecified atom stereocenters. The minimum atomic E-state index is -0.0187. The Hall–Kier alpha value is -0.990. The summed E-state index contributed by atoms with van der Waals surface area (Å²) in [7, 11) is 0. The van der Waals surface area contributed by atoms with Gasteiger partial charge >= 0.3 is 6.03 Å². The third kappa shape index (κ3) is 6.86. The third-order valence-corrected chi connectivity index (χ3v) is 5.83. The first-order valence-electron chi connectivity index (χ1n) is 8.88. The predicted molar refractivity (Wildman–Crippen MR) is 96.3 cm³/mol. The zero-order chi connectivity index (χ0) is 17.2. The molecule has 0 aromatic carbocycles. The summed E-state index contributed by atoms with van der Waals surface area (Å²) in [5, 5.41) is 12.7. The maximum absolute atomic E-state index is 11.3. The van der Waals surface area contributed by atoms with Crippen LogP contribution in [0.3, 0.4) is 0 Å². The topological polar surface area (TPSA) is 91.5 Å². The Kier molecular flexibility index (Phi) is 8.69. The number of ether oxygens (including phenoxy) is 1. The van der Waals surface area contributed by atoms with Crippen molar-refractivity contribution in [3.05, 3.63) is 0 Å². The lowest BCUT2D eigenvalue weighted by Crippen LogP contribution is -2.36. The van der Waals surface area contributed by atoms with Crippen LogP contribution in [0.15, 0.2) is 0 Å². The van der Waals surface area contributed by atoms with Crippen molar-refractivity contribution in [1.82, 2.24) is 21.3 Å². The molecule has 0 aliphatic carbocycles. The molecule has 0 spiro atoms. The van der Waals surface area contributed by atoms with E-state index in [-0.39, 0.29) is 11.9 Å². The molecule has 0 aromatic rings. The van der Waals surface area contributed by atoms with E-state index >= 15 is 0 Å². The molecular weight excluding hydrogens is 328 g/mol. The van der Waals surface area contributed by atoms with Crippen LogP contribution in [0.5, 0.6) is 0 Å². The van der Waals surface area contributed by atoms with E-state index in [1.54, 1.807) is 0 Å². The third-order valence-electron chi connectivity index (χ3n) is 4.32. The van der Waals surface area contributed by atoms with Crippen LogP contribution < -0.4 is 21.3 Å². The Morgan fingerprint density at radius 1 is 1.21 bits per heavy atom. The van der Waals surface area contributed by atoms with Gasteiger partial charge in [-0.1, -0.05) is 12.8 Å². The highest BCUT2D eigenvalue weighted by Gasteiger charge is 2.42. The van der Waals surface area contributed by atoms with Gasteiger partial charge in [0.15, 0.2) is 0 Å². The SMILES string of the molecule is CC(=O)NCCOCCNCCCCCC1SCC2NC(=O)NC21. The lowest BCUT2D eigenvalue weighted by atomic mass is 10.0. The molecule has 0 saturated carbocycles. The van der Waals surface area contributed by atoms with Crippen LogP contribution in [0.2, 0.25) is 0 Å². The van der Waals surface area contributed by atoms with Crippen LogP contribution in [0, 0.1) is 0 Å².